The van der Waals surface area contributed by atoms with Crippen molar-refractivity contribution in [1.29, 1.82) is 0 Å². The standard InChI is InChI=1S/C12H22N4O3S/c1-15-8-5-13-12(15)16-6-3-11(4-7-16)14-20(17,18)10-9-19-2/h5,8,11,14H,3-4,6-7,9-10H2,1-2H3. The van der Waals surface area contributed by atoms with E-state index in [0.29, 0.717) is 0 Å². The number of imidazole rings is 1. The summed E-state index contributed by atoms with van der Waals surface area (Å²) in [6, 6.07) is 0.00775. The minimum atomic E-state index is -3.24. The van der Waals surface area contributed by atoms with Crippen molar-refractivity contribution in [2.45, 2.75) is 18.9 Å². The van der Waals surface area contributed by atoms with E-state index in [1.54, 1.807) is 6.20 Å². The number of rotatable bonds is 6. The number of anilines is 1. The Hall–Kier alpha value is -1.12. The second kappa shape index (κ2) is 6.55. The predicted octanol–water partition coefficient (Wildman–Crippen LogP) is -0.0453. The van der Waals surface area contributed by atoms with Crippen LogP contribution >= 0.6 is 0 Å². The maximum Gasteiger partial charge on any atom is 0.214 e. The van der Waals surface area contributed by atoms with Crippen LogP contribution in [0.2, 0.25) is 0 Å². The molecule has 0 bridgehead atoms. The van der Waals surface area contributed by atoms with Crippen LogP contribution in [0.25, 0.3) is 0 Å². The van der Waals surface area contributed by atoms with Crippen LogP contribution in [0.3, 0.4) is 0 Å². The van der Waals surface area contributed by atoms with Crippen LogP contribution in [0.5, 0.6) is 0 Å². The fraction of sp³-hybridized carbons (Fsp3) is 0.750. The molecule has 0 unspecified atom stereocenters. The third-order valence-corrected chi connectivity index (χ3v) is 4.87. The van der Waals surface area contributed by atoms with E-state index < -0.39 is 10.0 Å². The molecule has 0 radical (unpaired) electrons. The fourth-order valence-corrected chi connectivity index (χ4v) is 3.61. The molecule has 0 spiro atoms. The van der Waals surface area contributed by atoms with E-state index in [0.717, 1.165) is 31.9 Å². The Balaban J connectivity index is 1.84. The maximum atomic E-state index is 11.8. The van der Waals surface area contributed by atoms with Crippen LogP contribution < -0.4 is 9.62 Å². The first-order valence-electron chi connectivity index (χ1n) is 6.73. The van der Waals surface area contributed by atoms with Gasteiger partial charge in [-0.05, 0) is 12.8 Å². The molecule has 0 aromatic carbocycles. The molecule has 1 aliphatic rings. The molecule has 1 aromatic rings. The Kier molecular flexibility index (Phi) is 5.00. The largest absolute Gasteiger partial charge is 0.384 e. The lowest BCUT2D eigenvalue weighted by Crippen LogP contribution is -2.46. The van der Waals surface area contributed by atoms with Crippen molar-refractivity contribution >= 4 is 16.0 Å². The molecule has 8 heteroatoms. The first kappa shape index (κ1) is 15.3. The lowest BCUT2D eigenvalue weighted by molar-refractivity contribution is 0.216. The average molecular weight is 302 g/mol. The first-order valence-corrected chi connectivity index (χ1v) is 8.38. The zero-order chi connectivity index (χ0) is 14.6. The van der Waals surface area contributed by atoms with Crippen molar-refractivity contribution in [3.63, 3.8) is 0 Å². The van der Waals surface area contributed by atoms with E-state index in [9.17, 15) is 8.42 Å². The van der Waals surface area contributed by atoms with Crippen molar-refractivity contribution in [3.05, 3.63) is 12.4 Å². The third kappa shape index (κ3) is 3.94. The van der Waals surface area contributed by atoms with Gasteiger partial charge in [0.15, 0.2) is 0 Å². The topological polar surface area (TPSA) is 76.5 Å². The van der Waals surface area contributed by atoms with Crippen molar-refractivity contribution in [3.8, 4) is 0 Å². The van der Waals surface area contributed by atoms with Crippen LogP contribution in [0.1, 0.15) is 12.8 Å². The van der Waals surface area contributed by atoms with Gasteiger partial charge >= 0.3 is 0 Å². The maximum absolute atomic E-state index is 11.8. The number of nitrogens with one attached hydrogen (secondary N) is 1. The van der Waals surface area contributed by atoms with E-state index in [1.165, 1.54) is 7.11 Å². The summed E-state index contributed by atoms with van der Waals surface area (Å²) in [6.45, 7) is 1.84. The van der Waals surface area contributed by atoms with Gasteiger partial charge in [-0.2, -0.15) is 0 Å². The fourth-order valence-electron chi connectivity index (χ4n) is 2.37. The summed E-state index contributed by atoms with van der Waals surface area (Å²) in [5.74, 6) is 0.953. The summed E-state index contributed by atoms with van der Waals surface area (Å²) in [5.41, 5.74) is 0. The molecule has 0 aliphatic carbocycles. The lowest BCUT2D eigenvalue weighted by Gasteiger charge is -2.32. The summed E-state index contributed by atoms with van der Waals surface area (Å²) in [7, 11) is 0.224. The van der Waals surface area contributed by atoms with Crippen LogP contribution in [-0.2, 0) is 21.8 Å². The number of piperidine rings is 1. The highest BCUT2D eigenvalue weighted by atomic mass is 32.2. The highest BCUT2D eigenvalue weighted by Crippen LogP contribution is 2.17. The second-order valence-corrected chi connectivity index (χ2v) is 6.90. The summed E-state index contributed by atoms with van der Waals surface area (Å²) >= 11 is 0. The number of hydrogen-bond acceptors (Lipinski definition) is 5. The zero-order valence-electron chi connectivity index (χ0n) is 11.9. The second-order valence-electron chi connectivity index (χ2n) is 5.03. The minimum absolute atomic E-state index is 0.00775. The monoisotopic (exact) mass is 302 g/mol. The van der Waals surface area contributed by atoms with Gasteiger partial charge in [-0.1, -0.05) is 0 Å². The first-order chi connectivity index (χ1) is 9.52. The third-order valence-electron chi connectivity index (χ3n) is 3.48. The molecular formula is C12H22N4O3S. The molecule has 2 heterocycles. The van der Waals surface area contributed by atoms with Gasteiger partial charge in [0.1, 0.15) is 0 Å². The van der Waals surface area contributed by atoms with Crippen molar-refractivity contribution in [2.24, 2.45) is 7.05 Å². The molecule has 0 saturated carbocycles. The molecule has 7 nitrogen and oxygen atoms in total. The predicted molar refractivity (Wildman–Crippen MR) is 77.2 cm³/mol. The molecule has 1 aromatic heterocycles. The van der Waals surface area contributed by atoms with E-state index in [1.807, 2.05) is 17.8 Å². The van der Waals surface area contributed by atoms with Gasteiger partial charge in [-0.3, -0.25) is 0 Å². The number of methoxy groups -OCH3 is 1. The Morgan fingerprint density at radius 1 is 1.45 bits per heavy atom. The van der Waals surface area contributed by atoms with Gasteiger partial charge in [0.25, 0.3) is 0 Å². The van der Waals surface area contributed by atoms with E-state index >= 15 is 0 Å². The summed E-state index contributed by atoms with van der Waals surface area (Å²) in [6.07, 6.45) is 5.27. The quantitative estimate of drug-likeness (QED) is 0.797. The van der Waals surface area contributed by atoms with Gasteiger partial charge in [-0.15, -0.1) is 0 Å². The Morgan fingerprint density at radius 2 is 2.15 bits per heavy atom. The molecule has 1 aliphatic heterocycles. The molecule has 1 N–H and O–H groups in total. The van der Waals surface area contributed by atoms with Crippen LogP contribution in [-0.4, -0.2) is 56.6 Å². The van der Waals surface area contributed by atoms with Crippen molar-refractivity contribution < 1.29 is 13.2 Å². The highest BCUT2D eigenvalue weighted by molar-refractivity contribution is 7.89. The van der Waals surface area contributed by atoms with Gasteiger partial charge in [0.05, 0.1) is 12.4 Å². The Bertz CT molecular complexity index is 521. The molecule has 1 saturated heterocycles. The summed E-state index contributed by atoms with van der Waals surface area (Å²) in [4.78, 5) is 6.49. The molecule has 1 fully saturated rings. The van der Waals surface area contributed by atoms with Gasteiger partial charge in [0.2, 0.25) is 16.0 Å². The normalized spacial score (nSPS) is 17.6. The van der Waals surface area contributed by atoms with Gasteiger partial charge in [0, 0.05) is 45.7 Å². The van der Waals surface area contributed by atoms with Crippen molar-refractivity contribution in [1.82, 2.24) is 14.3 Å². The Morgan fingerprint density at radius 3 is 2.70 bits per heavy atom. The number of sulfonamides is 1. The van der Waals surface area contributed by atoms with E-state index in [-0.39, 0.29) is 18.4 Å². The summed E-state index contributed by atoms with van der Waals surface area (Å²) < 4.78 is 33.1. The number of aromatic nitrogens is 2. The smallest absolute Gasteiger partial charge is 0.214 e. The van der Waals surface area contributed by atoms with Crippen LogP contribution in [0, 0.1) is 0 Å². The SMILES string of the molecule is COCCS(=O)(=O)NC1CCN(c2nccn2C)CC1. The number of hydrogen-bond donors (Lipinski definition) is 1. The average Bonchev–Trinajstić information content (AvgIpc) is 2.83. The van der Waals surface area contributed by atoms with Crippen LogP contribution in [0.15, 0.2) is 12.4 Å². The highest BCUT2D eigenvalue weighted by Gasteiger charge is 2.24. The van der Waals surface area contributed by atoms with Crippen molar-refractivity contribution in [2.75, 3.05) is 37.5 Å². The zero-order valence-corrected chi connectivity index (χ0v) is 12.8. The molecule has 0 atom stereocenters. The minimum Gasteiger partial charge on any atom is -0.384 e. The number of aryl methyl sites for hydroxylation is 1. The summed E-state index contributed by atoms with van der Waals surface area (Å²) in [5, 5.41) is 0. The van der Waals surface area contributed by atoms with Crippen LogP contribution in [0.4, 0.5) is 5.95 Å². The van der Waals surface area contributed by atoms with E-state index in [4.69, 9.17) is 4.74 Å². The van der Waals surface area contributed by atoms with E-state index in [2.05, 4.69) is 14.6 Å². The number of nitrogens with zero attached hydrogens (tertiary/aromatic N) is 3. The Labute approximate surface area is 120 Å². The molecular weight excluding hydrogens is 280 g/mol. The molecule has 2 rings (SSSR count). The lowest BCUT2D eigenvalue weighted by atomic mass is 10.1. The number of ether oxygens (including phenoxy) is 1. The molecule has 20 heavy (non-hydrogen) atoms. The molecule has 0 amide bonds. The molecule has 114 valence electrons. The van der Waals surface area contributed by atoms with Gasteiger partial charge < -0.3 is 14.2 Å². The van der Waals surface area contributed by atoms with Gasteiger partial charge in [-0.25, -0.2) is 18.1 Å².